The molecular formula is C9H12BrNO3S. The number of nitrogens with zero attached hydrogens (tertiary/aromatic N) is 1. The highest BCUT2D eigenvalue weighted by molar-refractivity contribution is 9.10. The van der Waals surface area contributed by atoms with Crippen LogP contribution in [0.2, 0.25) is 0 Å². The van der Waals surface area contributed by atoms with Gasteiger partial charge in [0.15, 0.2) is 9.84 Å². The summed E-state index contributed by atoms with van der Waals surface area (Å²) in [6.07, 6.45) is 1.54. The van der Waals surface area contributed by atoms with Crippen LogP contribution in [0.25, 0.3) is 0 Å². The first kappa shape index (κ1) is 12.6. The molecule has 0 radical (unpaired) electrons. The quantitative estimate of drug-likeness (QED) is 0.846. The molecule has 6 heteroatoms. The molecular weight excluding hydrogens is 282 g/mol. The van der Waals surface area contributed by atoms with Gasteiger partial charge < -0.3 is 5.11 Å². The second-order valence-electron chi connectivity index (χ2n) is 3.29. The van der Waals surface area contributed by atoms with Crippen molar-refractivity contribution in [2.24, 2.45) is 0 Å². The van der Waals surface area contributed by atoms with Gasteiger partial charge in [-0.2, -0.15) is 0 Å². The van der Waals surface area contributed by atoms with Crippen molar-refractivity contribution >= 4 is 25.8 Å². The Bertz CT molecular complexity index is 433. The predicted molar refractivity (Wildman–Crippen MR) is 61.1 cm³/mol. The Hall–Kier alpha value is -0.460. The van der Waals surface area contributed by atoms with Crippen LogP contribution < -0.4 is 0 Å². The maximum atomic E-state index is 11.6. The first-order valence-electron chi connectivity index (χ1n) is 4.38. The summed E-state index contributed by atoms with van der Waals surface area (Å²) in [7, 11) is -3.28. The van der Waals surface area contributed by atoms with Crippen molar-refractivity contribution in [3.05, 3.63) is 28.5 Å². The van der Waals surface area contributed by atoms with Crippen LogP contribution in [0.15, 0.2) is 22.9 Å². The van der Waals surface area contributed by atoms with E-state index in [-0.39, 0.29) is 12.4 Å². The summed E-state index contributed by atoms with van der Waals surface area (Å²) >= 11 is 3.17. The largest absolute Gasteiger partial charge is 0.395 e. The van der Waals surface area contributed by atoms with Crippen LogP contribution in [0.1, 0.15) is 12.5 Å². The lowest BCUT2D eigenvalue weighted by atomic mass is 10.3. The van der Waals surface area contributed by atoms with Gasteiger partial charge in [0.05, 0.1) is 17.6 Å². The van der Waals surface area contributed by atoms with E-state index in [1.165, 1.54) is 6.92 Å². The van der Waals surface area contributed by atoms with Gasteiger partial charge in [0.2, 0.25) is 0 Å². The molecule has 1 rings (SSSR count). The van der Waals surface area contributed by atoms with E-state index in [0.29, 0.717) is 10.2 Å². The maximum absolute atomic E-state index is 11.6. The number of pyridine rings is 1. The van der Waals surface area contributed by atoms with Crippen LogP contribution in [-0.2, 0) is 15.6 Å². The molecule has 0 aliphatic rings. The Morgan fingerprint density at radius 3 is 2.80 bits per heavy atom. The molecule has 1 aromatic heterocycles. The fourth-order valence-corrected chi connectivity index (χ4v) is 2.59. The Labute approximate surface area is 97.4 Å². The minimum Gasteiger partial charge on any atom is -0.395 e. The molecule has 0 aliphatic carbocycles. The molecule has 1 N–H and O–H groups in total. The van der Waals surface area contributed by atoms with Gasteiger partial charge in [-0.3, -0.25) is 0 Å². The third-order valence-corrected chi connectivity index (χ3v) is 4.57. The summed E-state index contributed by atoms with van der Waals surface area (Å²) in [6.45, 7) is 1.14. The molecule has 0 bridgehead atoms. The van der Waals surface area contributed by atoms with Crippen molar-refractivity contribution in [3.8, 4) is 0 Å². The molecule has 0 amide bonds. The average molecular weight is 294 g/mol. The molecule has 1 atom stereocenters. The number of rotatable bonds is 4. The van der Waals surface area contributed by atoms with Crippen LogP contribution in [0.3, 0.4) is 0 Å². The van der Waals surface area contributed by atoms with E-state index in [0.717, 1.165) is 0 Å². The standard InChI is InChI=1S/C9H12BrNO3S/c1-7(5-12)15(13,14)6-8-2-3-11-9(10)4-8/h2-4,7,12H,5-6H2,1H3. The van der Waals surface area contributed by atoms with Crippen molar-refractivity contribution in [3.63, 3.8) is 0 Å². The molecule has 1 heterocycles. The van der Waals surface area contributed by atoms with Crippen LogP contribution >= 0.6 is 15.9 Å². The predicted octanol–water partition coefficient (Wildman–Crippen LogP) is 1.14. The topological polar surface area (TPSA) is 67.3 Å². The minimum atomic E-state index is -3.28. The zero-order valence-corrected chi connectivity index (χ0v) is 10.6. The van der Waals surface area contributed by atoms with Gasteiger partial charge >= 0.3 is 0 Å². The van der Waals surface area contributed by atoms with Gasteiger partial charge in [0.1, 0.15) is 4.60 Å². The average Bonchev–Trinajstić information content (AvgIpc) is 2.15. The van der Waals surface area contributed by atoms with Crippen LogP contribution in [0.4, 0.5) is 0 Å². The second kappa shape index (κ2) is 5.05. The van der Waals surface area contributed by atoms with Gasteiger partial charge in [-0.25, -0.2) is 13.4 Å². The van der Waals surface area contributed by atoms with E-state index in [2.05, 4.69) is 20.9 Å². The summed E-state index contributed by atoms with van der Waals surface area (Å²) < 4.78 is 23.9. The molecule has 0 saturated carbocycles. The molecule has 0 aliphatic heterocycles. The number of aromatic nitrogens is 1. The first-order valence-corrected chi connectivity index (χ1v) is 6.89. The Morgan fingerprint density at radius 1 is 1.60 bits per heavy atom. The lowest BCUT2D eigenvalue weighted by Crippen LogP contribution is -2.23. The summed E-state index contributed by atoms with van der Waals surface area (Å²) in [5.74, 6) is -0.0736. The van der Waals surface area contributed by atoms with Gasteiger partial charge in [-0.15, -0.1) is 0 Å². The lowest BCUT2D eigenvalue weighted by Gasteiger charge is -2.09. The summed E-state index contributed by atoms with van der Waals surface area (Å²) in [5.41, 5.74) is 0.664. The van der Waals surface area contributed by atoms with Crippen molar-refractivity contribution in [2.45, 2.75) is 17.9 Å². The van der Waals surface area contributed by atoms with Gasteiger partial charge in [0.25, 0.3) is 0 Å². The molecule has 84 valence electrons. The number of hydrogen-bond acceptors (Lipinski definition) is 4. The van der Waals surface area contributed by atoms with Crippen molar-refractivity contribution < 1.29 is 13.5 Å². The zero-order valence-electron chi connectivity index (χ0n) is 8.22. The molecule has 1 aromatic rings. The number of aliphatic hydroxyl groups excluding tert-OH is 1. The van der Waals surface area contributed by atoms with E-state index in [9.17, 15) is 8.42 Å². The van der Waals surface area contributed by atoms with E-state index in [4.69, 9.17) is 5.11 Å². The molecule has 0 aromatic carbocycles. The normalized spacial score (nSPS) is 13.8. The number of aliphatic hydroxyl groups is 1. The Balaban J connectivity index is 2.87. The lowest BCUT2D eigenvalue weighted by molar-refractivity contribution is 0.295. The van der Waals surface area contributed by atoms with Crippen LogP contribution in [0.5, 0.6) is 0 Å². The SMILES string of the molecule is CC(CO)S(=O)(=O)Cc1ccnc(Br)c1. The number of halogens is 1. The van der Waals surface area contributed by atoms with Crippen molar-refractivity contribution in [2.75, 3.05) is 6.61 Å². The van der Waals surface area contributed by atoms with E-state index >= 15 is 0 Å². The molecule has 0 saturated heterocycles. The molecule has 15 heavy (non-hydrogen) atoms. The highest BCUT2D eigenvalue weighted by atomic mass is 79.9. The first-order chi connectivity index (χ1) is 6.95. The second-order valence-corrected chi connectivity index (χ2v) is 6.52. The molecule has 0 fully saturated rings. The smallest absolute Gasteiger partial charge is 0.159 e. The van der Waals surface area contributed by atoms with Gasteiger partial charge in [-0.1, -0.05) is 0 Å². The van der Waals surface area contributed by atoms with Crippen molar-refractivity contribution in [1.29, 1.82) is 0 Å². The molecule has 1 unspecified atom stereocenters. The number of hydrogen-bond donors (Lipinski definition) is 1. The zero-order chi connectivity index (χ0) is 11.5. The van der Waals surface area contributed by atoms with E-state index < -0.39 is 15.1 Å². The fourth-order valence-electron chi connectivity index (χ4n) is 1.02. The van der Waals surface area contributed by atoms with Gasteiger partial charge in [0, 0.05) is 6.20 Å². The number of sulfone groups is 1. The third-order valence-electron chi connectivity index (χ3n) is 2.03. The summed E-state index contributed by atoms with van der Waals surface area (Å²) in [6, 6.07) is 3.30. The van der Waals surface area contributed by atoms with Crippen LogP contribution in [0, 0.1) is 0 Å². The molecule has 0 spiro atoms. The summed E-state index contributed by atoms with van der Waals surface area (Å²) in [5, 5.41) is 8.07. The van der Waals surface area contributed by atoms with E-state index in [1.807, 2.05) is 0 Å². The monoisotopic (exact) mass is 293 g/mol. The maximum Gasteiger partial charge on any atom is 0.159 e. The highest BCUT2D eigenvalue weighted by Gasteiger charge is 2.20. The Morgan fingerprint density at radius 2 is 2.27 bits per heavy atom. The third kappa shape index (κ3) is 3.55. The van der Waals surface area contributed by atoms with Crippen molar-refractivity contribution in [1.82, 2.24) is 4.98 Å². The molecule has 4 nitrogen and oxygen atoms in total. The fraction of sp³-hybridized carbons (Fsp3) is 0.444. The highest BCUT2D eigenvalue weighted by Crippen LogP contribution is 2.14. The van der Waals surface area contributed by atoms with Gasteiger partial charge in [-0.05, 0) is 40.5 Å². The van der Waals surface area contributed by atoms with Crippen LogP contribution in [-0.4, -0.2) is 30.4 Å². The minimum absolute atomic E-state index is 0.0736. The Kier molecular flexibility index (Phi) is 4.24. The van der Waals surface area contributed by atoms with E-state index in [1.54, 1.807) is 18.3 Å². The summed E-state index contributed by atoms with van der Waals surface area (Å²) in [4.78, 5) is 3.91.